The molecule has 1 saturated carbocycles. The third-order valence-corrected chi connectivity index (χ3v) is 5.59. The van der Waals surface area contributed by atoms with Crippen LogP contribution >= 0.6 is 0 Å². The van der Waals surface area contributed by atoms with Crippen molar-refractivity contribution in [3.05, 3.63) is 12.2 Å². The van der Waals surface area contributed by atoms with Gasteiger partial charge in [-0.2, -0.15) is 0 Å². The van der Waals surface area contributed by atoms with Gasteiger partial charge in [0.05, 0.1) is 11.8 Å². The highest BCUT2D eigenvalue weighted by Crippen LogP contribution is 2.31. The first kappa shape index (κ1) is 22.5. The standard InChI is InChI=1S/C11H18O2.C11H16O2.H2/c2*1-8(12)11(9(2)13)10-6-4-3-5-7-10;/h10-11H,3-7H2,1-2H3;4,6,10-11H,3,5,7H2,1-2H3;1H. The average Bonchev–Trinajstić information content (AvgIpc) is 2.56. The molecule has 4 nitrogen and oxygen atoms in total. The summed E-state index contributed by atoms with van der Waals surface area (Å²) in [5, 5.41) is 0. The summed E-state index contributed by atoms with van der Waals surface area (Å²) >= 11 is 0. The van der Waals surface area contributed by atoms with Gasteiger partial charge in [0.1, 0.15) is 23.1 Å². The van der Waals surface area contributed by atoms with Gasteiger partial charge in [-0.1, -0.05) is 31.4 Å². The summed E-state index contributed by atoms with van der Waals surface area (Å²) < 4.78 is 0. The summed E-state index contributed by atoms with van der Waals surface area (Å²) in [6.07, 6.45) is 13.0. The molecule has 4 heteroatoms. The molecule has 0 N–H and O–H groups in total. The summed E-state index contributed by atoms with van der Waals surface area (Å²) in [7, 11) is 0. The molecule has 26 heavy (non-hydrogen) atoms. The van der Waals surface area contributed by atoms with Crippen molar-refractivity contribution in [3.63, 3.8) is 0 Å². The molecule has 1 fully saturated rings. The lowest BCUT2D eigenvalue weighted by molar-refractivity contribution is -0.134. The molecule has 0 aliphatic heterocycles. The maximum Gasteiger partial charge on any atom is 0.140 e. The van der Waals surface area contributed by atoms with Crippen molar-refractivity contribution in [2.75, 3.05) is 0 Å². The molecule has 0 radical (unpaired) electrons. The van der Waals surface area contributed by atoms with Gasteiger partial charge in [0.25, 0.3) is 0 Å². The Morgan fingerprint density at radius 3 is 1.62 bits per heavy atom. The van der Waals surface area contributed by atoms with E-state index in [-0.39, 0.29) is 36.4 Å². The molecule has 1 atom stereocenters. The number of ketones is 4. The topological polar surface area (TPSA) is 68.3 Å². The third kappa shape index (κ3) is 6.97. The summed E-state index contributed by atoms with van der Waals surface area (Å²) in [5.74, 6) is -0.0868. The molecule has 0 aromatic carbocycles. The van der Waals surface area contributed by atoms with E-state index in [2.05, 4.69) is 6.08 Å². The first-order valence-electron chi connectivity index (χ1n) is 9.94. The van der Waals surface area contributed by atoms with Gasteiger partial charge < -0.3 is 0 Å². The summed E-state index contributed by atoms with van der Waals surface area (Å²) in [6.45, 7) is 6.10. The van der Waals surface area contributed by atoms with Crippen LogP contribution in [0.2, 0.25) is 0 Å². The molecule has 0 aromatic heterocycles. The van der Waals surface area contributed by atoms with Crippen LogP contribution in [0.25, 0.3) is 0 Å². The van der Waals surface area contributed by atoms with Gasteiger partial charge in [-0.15, -0.1) is 0 Å². The zero-order valence-corrected chi connectivity index (χ0v) is 16.8. The average molecular weight is 365 g/mol. The molecule has 2 aliphatic carbocycles. The van der Waals surface area contributed by atoms with E-state index in [1.165, 1.54) is 33.1 Å². The van der Waals surface area contributed by atoms with Crippen molar-refractivity contribution in [2.45, 2.75) is 79.1 Å². The van der Waals surface area contributed by atoms with Gasteiger partial charge in [-0.3, -0.25) is 19.2 Å². The second kappa shape index (κ2) is 11.2. The fraction of sp³-hybridized carbons (Fsp3) is 0.727. The lowest BCUT2D eigenvalue weighted by atomic mass is 9.77. The van der Waals surface area contributed by atoms with Crippen molar-refractivity contribution >= 4 is 23.1 Å². The quantitative estimate of drug-likeness (QED) is 0.504. The Balaban J connectivity index is 0.000000483. The van der Waals surface area contributed by atoms with E-state index < -0.39 is 5.92 Å². The fourth-order valence-corrected chi connectivity index (χ4v) is 4.42. The molecule has 0 amide bonds. The predicted octanol–water partition coefficient (Wildman–Crippen LogP) is 4.74. The molecule has 0 aromatic rings. The van der Waals surface area contributed by atoms with Crippen LogP contribution in [0.4, 0.5) is 0 Å². The first-order valence-corrected chi connectivity index (χ1v) is 9.94. The van der Waals surface area contributed by atoms with Gasteiger partial charge in [0.2, 0.25) is 0 Å². The molecule has 0 heterocycles. The Hall–Kier alpha value is -1.58. The van der Waals surface area contributed by atoms with E-state index in [1.54, 1.807) is 13.8 Å². The second-order valence-electron chi connectivity index (χ2n) is 7.82. The lowest BCUT2D eigenvalue weighted by Crippen LogP contribution is -2.29. The van der Waals surface area contributed by atoms with Crippen LogP contribution in [0, 0.1) is 23.7 Å². The Labute approximate surface area is 159 Å². The van der Waals surface area contributed by atoms with Crippen molar-refractivity contribution in [1.29, 1.82) is 0 Å². The zero-order valence-electron chi connectivity index (χ0n) is 16.8. The summed E-state index contributed by atoms with van der Waals surface area (Å²) in [6, 6.07) is 0. The Bertz CT molecular complexity index is 519. The van der Waals surface area contributed by atoms with Gasteiger partial charge >= 0.3 is 0 Å². The van der Waals surface area contributed by atoms with Gasteiger partial charge in [0, 0.05) is 1.43 Å². The number of carbonyl (C=O) groups is 4. The Kier molecular flexibility index (Phi) is 9.68. The van der Waals surface area contributed by atoms with Crippen LogP contribution in [0.1, 0.15) is 80.5 Å². The molecular weight excluding hydrogens is 328 g/mol. The van der Waals surface area contributed by atoms with E-state index in [0.29, 0.717) is 5.92 Å². The third-order valence-electron chi connectivity index (χ3n) is 5.59. The monoisotopic (exact) mass is 364 g/mol. The van der Waals surface area contributed by atoms with Crippen molar-refractivity contribution in [3.8, 4) is 0 Å². The minimum Gasteiger partial charge on any atom is -0.299 e. The van der Waals surface area contributed by atoms with E-state index >= 15 is 0 Å². The Morgan fingerprint density at radius 2 is 1.23 bits per heavy atom. The zero-order chi connectivity index (χ0) is 19.7. The molecule has 0 saturated heterocycles. The van der Waals surface area contributed by atoms with Gasteiger partial charge in [0.15, 0.2) is 0 Å². The minimum atomic E-state index is -0.392. The van der Waals surface area contributed by atoms with Crippen molar-refractivity contribution < 1.29 is 20.6 Å². The van der Waals surface area contributed by atoms with Crippen LogP contribution in [0.5, 0.6) is 0 Å². The predicted molar refractivity (Wildman–Crippen MR) is 105 cm³/mol. The molecule has 1 unspecified atom stereocenters. The molecule has 148 valence electrons. The smallest absolute Gasteiger partial charge is 0.140 e. The van der Waals surface area contributed by atoms with Crippen LogP contribution in [-0.4, -0.2) is 23.1 Å². The fourth-order valence-electron chi connectivity index (χ4n) is 4.42. The molecule has 0 spiro atoms. The molecule has 2 rings (SSSR count). The SMILES string of the molecule is CC(=O)C(C(C)=O)C1C=CCCC1.CC(=O)C(C(C)=O)C1CCCCC1.[HH]. The first-order chi connectivity index (χ1) is 12.3. The van der Waals surface area contributed by atoms with Crippen molar-refractivity contribution in [1.82, 2.24) is 0 Å². The van der Waals surface area contributed by atoms with E-state index in [4.69, 9.17) is 0 Å². The van der Waals surface area contributed by atoms with E-state index in [0.717, 1.165) is 32.1 Å². The number of hydrogen-bond acceptors (Lipinski definition) is 4. The molecular formula is C22H36O4. The highest BCUT2D eigenvalue weighted by Gasteiger charge is 2.30. The van der Waals surface area contributed by atoms with E-state index in [9.17, 15) is 19.2 Å². The van der Waals surface area contributed by atoms with Gasteiger partial charge in [-0.25, -0.2) is 0 Å². The van der Waals surface area contributed by atoms with Crippen molar-refractivity contribution in [2.24, 2.45) is 23.7 Å². The maximum atomic E-state index is 11.3. The Morgan fingerprint density at radius 1 is 0.731 bits per heavy atom. The second-order valence-corrected chi connectivity index (χ2v) is 7.82. The van der Waals surface area contributed by atoms with Crippen LogP contribution in [0.15, 0.2) is 12.2 Å². The summed E-state index contributed by atoms with van der Waals surface area (Å²) in [4.78, 5) is 45.0. The largest absolute Gasteiger partial charge is 0.299 e. The highest BCUT2D eigenvalue weighted by atomic mass is 16.2. The minimum absolute atomic E-state index is 0. The number of rotatable bonds is 6. The normalized spacial score (nSPS) is 20.5. The van der Waals surface area contributed by atoms with Gasteiger partial charge in [-0.05, 0) is 71.6 Å². The number of Topliss-reactive ketones (excluding diaryl/α,β-unsaturated/α-hetero) is 4. The highest BCUT2D eigenvalue weighted by molar-refractivity contribution is 6.01. The summed E-state index contributed by atoms with van der Waals surface area (Å²) in [5.41, 5.74) is 0. The number of carbonyl (C=O) groups excluding carboxylic acids is 4. The maximum absolute atomic E-state index is 11.3. The number of hydrogen-bond donors (Lipinski definition) is 0. The molecule has 0 bridgehead atoms. The molecule has 2 aliphatic rings. The lowest BCUT2D eigenvalue weighted by Gasteiger charge is -2.26. The van der Waals surface area contributed by atoms with Crippen LogP contribution in [0.3, 0.4) is 0 Å². The van der Waals surface area contributed by atoms with E-state index in [1.807, 2.05) is 6.08 Å². The number of allylic oxidation sites excluding steroid dienone is 2. The van der Waals surface area contributed by atoms with Crippen LogP contribution < -0.4 is 0 Å². The van der Waals surface area contributed by atoms with Crippen LogP contribution in [-0.2, 0) is 19.2 Å².